The van der Waals surface area contributed by atoms with Gasteiger partial charge in [0.15, 0.2) is 0 Å². The Morgan fingerprint density at radius 1 is 1.19 bits per heavy atom. The van der Waals surface area contributed by atoms with Gasteiger partial charge in [-0.1, -0.05) is 0 Å². The van der Waals surface area contributed by atoms with Crippen LogP contribution in [0.5, 0.6) is 11.5 Å². The van der Waals surface area contributed by atoms with Gasteiger partial charge in [-0.15, -0.1) is 0 Å². The summed E-state index contributed by atoms with van der Waals surface area (Å²) >= 11 is 0. The lowest BCUT2D eigenvalue weighted by molar-refractivity contribution is 0.102. The van der Waals surface area contributed by atoms with Crippen molar-refractivity contribution in [3.8, 4) is 11.5 Å². The van der Waals surface area contributed by atoms with Crippen molar-refractivity contribution in [2.24, 2.45) is 0 Å². The SMILES string of the molecule is COc1ccc(O)c(C(=O)Nc2cc(F)c(C)cc2F)c1. The summed E-state index contributed by atoms with van der Waals surface area (Å²) in [6.07, 6.45) is 0. The van der Waals surface area contributed by atoms with E-state index in [0.717, 1.165) is 12.1 Å². The fourth-order valence-corrected chi connectivity index (χ4v) is 1.76. The molecule has 0 radical (unpaired) electrons. The van der Waals surface area contributed by atoms with Gasteiger partial charge < -0.3 is 15.2 Å². The molecular weight excluding hydrogens is 280 g/mol. The van der Waals surface area contributed by atoms with Crippen LogP contribution in [-0.4, -0.2) is 18.1 Å². The second-order valence-corrected chi connectivity index (χ2v) is 4.42. The second kappa shape index (κ2) is 5.78. The predicted octanol–water partition coefficient (Wildman–Crippen LogP) is 3.24. The van der Waals surface area contributed by atoms with Crippen molar-refractivity contribution in [3.63, 3.8) is 0 Å². The summed E-state index contributed by atoms with van der Waals surface area (Å²) in [6.45, 7) is 1.41. The normalized spacial score (nSPS) is 10.3. The van der Waals surface area contributed by atoms with E-state index in [2.05, 4.69) is 5.32 Å². The number of benzene rings is 2. The Kier molecular flexibility index (Phi) is 4.07. The molecule has 0 aliphatic carbocycles. The van der Waals surface area contributed by atoms with Crippen LogP contribution in [0.1, 0.15) is 15.9 Å². The van der Waals surface area contributed by atoms with Crippen LogP contribution in [-0.2, 0) is 0 Å². The molecule has 0 atom stereocenters. The molecule has 0 heterocycles. The zero-order valence-corrected chi connectivity index (χ0v) is 11.4. The molecular formula is C15H13F2NO3. The Bertz CT molecular complexity index is 702. The van der Waals surface area contributed by atoms with Gasteiger partial charge in [0.25, 0.3) is 5.91 Å². The largest absolute Gasteiger partial charge is 0.507 e. The van der Waals surface area contributed by atoms with E-state index in [9.17, 15) is 18.7 Å². The van der Waals surface area contributed by atoms with E-state index < -0.39 is 17.5 Å². The van der Waals surface area contributed by atoms with Crippen LogP contribution >= 0.6 is 0 Å². The number of anilines is 1. The second-order valence-electron chi connectivity index (χ2n) is 4.42. The first-order valence-electron chi connectivity index (χ1n) is 6.06. The van der Waals surface area contributed by atoms with E-state index in [-0.39, 0.29) is 22.6 Å². The van der Waals surface area contributed by atoms with Gasteiger partial charge >= 0.3 is 0 Å². The summed E-state index contributed by atoms with van der Waals surface area (Å²) in [5.41, 5.74) is -0.269. The van der Waals surface area contributed by atoms with Crippen LogP contribution in [0.15, 0.2) is 30.3 Å². The summed E-state index contributed by atoms with van der Waals surface area (Å²) in [4.78, 5) is 12.0. The monoisotopic (exact) mass is 293 g/mol. The Labute approximate surface area is 120 Å². The maximum atomic E-state index is 13.7. The minimum Gasteiger partial charge on any atom is -0.507 e. The Balaban J connectivity index is 2.32. The van der Waals surface area contributed by atoms with Gasteiger partial charge in [0.1, 0.15) is 23.1 Å². The average molecular weight is 293 g/mol. The Hall–Kier alpha value is -2.63. The maximum Gasteiger partial charge on any atom is 0.259 e. The topological polar surface area (TPSA) is 58.6 Å². The van der Waals surface area contributed by atoms with Crippen molar-refractivity contribution in [1.82, 2.24) is 0 Å². The summed E-state index contributed by atoms with van der Waals surface area (Å²) in [7, 11) is 1.41. The molecule has 0 saturated heterocycles. The number of hydrogen-bond donors (Lipinski definition) is 2. The highest BCUT2D eigenvalue weighted by Gasteiger charge is 2.15. The average Bonchev–Trinajstić information content (AvgIpc) is 2.45. The number of methoxy groups -OCH3 is 1. The number of hydrogen-bond acceptors (Lipinski definition) is 3. The smallest absolute Gasteiger partial charge is 0.259 e. The third-order valence-electron chi connectivity index (χ3n) is 2.94. The first kappa shape index (κ1) is 14.8. The number of nitrogens with one attached hydrogen (secondary N) is 1. The van der Waals surface area contributed by atoms with E-state index >= 15 is 0 Å². The van der Waals surface area contributed by atoms with Gasteiger partial charge in [-0.3, -0.25) is 4.79 Å². The van der Waals surface area contributed by atoms with Crippen LogP contribution in [0, 0.1) is 18.6 Å². The lowest BCUT2D eigenvalue weighted by atomic mass is 10.1. The van der Waals surface area contributed by atoms with Crippen LogP contribution < -0.4 is 10.1 Å². The van der Waals surface area contributed by atoms with Crippen LogP contribution in [0.4, 0.5) is 14.5 Å². The van der Waals surface area contributed by atoms with Crippen molar-refractivity contribution >= 4 is 11.6 Å². The molecule has 110 valence electrons. The molecule has 0 aliphatic heterocycles. The van der Waals surface area contributed by atoms with Crippen molar-refractivity contribution < 1.29 is 23.4 Å². The zero-order chi connectivity index (χ0) is 15.6. The van der Waals surface area contributed by atoms with Crippen LogP contribution in [0.2, 0.25) is 0 Å². The number of carbonyl (C=O) groups is 1. The highest BCUT2D eigenvalue weighted by atomic mass is 19.1. The molecule has 1 amide bonds. The molecule has 0 aromatic heterocycles. The van der Waals surface area contributed by atoms with E-state index in [1.807, 2.05) is 0 Å². The summed E-state index contributed by atoms with van der Waals surface area (Å²) in [6, 6.07) is 5.92. The molecule has 0 spiro atoms. The number of aromatic hydroxyl groups is 1. The highest BCUT2D eigenvalue weighted by molar-refractivity contribution is 6.06. The van der Waals surface area contributed by atoms with Crippen LogP contribution in [0.3, 0.4) is 0 Å². The maximum absolute atomic E-state index is 13.7. The predicted molar refractivity (Wildman–Crippen MR) is 73.7 cm³/mol. The molecule has 2 aromatic rings. The molecule has 2 aromatic carbocycles. The number of carbonyl (C=O) groups excluding carboxylic acids is 1. The van der Waals surface area contributed by atoms with Crippen molar-refractivity contribution in [1.29, 1.82) is 0 Å². The van der Waals surface area contributed by atoms with E-state index in [4.69, 9.17) is 4.74 Å². The molecule has 0 fully saturated rings. The molecule has 2 N–H and O–H groups in total. The molecule has 0 saturated carbocycles. The Morgan fingerprint density at radius 2 is 1.90 bits per heavy atom. The molecule has 2 rings (SSSR count). The molecule has 4 nitrogen and oxygen atoms in total. The summed E-state index contributed by atoms with van der Waals surface area (Å²) in [5, 5.41) is 11.9. The number of ether oxygens (including phenoxy) is 1. The number of halogens is 2. The summed E-state index contributed by atoms with van der Waals surface area (Å²) < 4.78 is 32.1. The molecule has 0 bridgehead atoms. The van der Waals surface area contributed by atoms with Crippen molar-refractivity contribution in [3.05, 3.63) is 53.1 Å². The first-order chi connectivity index (χ1) is 9.92. The number of aryl methyl sites for hydroxylation is 1. The van der Waals surface area contributed by atoms with E-state index in [0.29, 0.717) is 5.75 Å². The third kappa shape index (κ3) is 3.10. The van der Waals surface area contributed by atoms with Gasteiger partial charge in [-0.25, -0.2) is 8.78 Å². The number of amides is 1. The minimum absolute atomic E-state index is 0.102. The van der Waals surface area contributed by atoms with Crippen LogP contribution in [0.25, 0.3) is 0 Å². The number of rotatable bonds is 3. The lowest BCUT2D eigenvalue weighted by Crippen LogP contribution is -2.14. The van der Waals surface area contributed by atoms with Gasteiger partial charge in [-0.05, 0) is 36.8 Å². The fourth-order valence-electron chi connectivity index (χ4n) is 1.76. The van der Waals surface area contributed by atoms with Gasteiger partial charge in [0.2, 0.25) is 0 Å². The lowest BCUT2D eigenvalue weighted by Gasteiger charge is -2.10. The Morgan fingerprint density at radius 3 is 2.57 bits per heavy atom. The van der Waals surface area contributed by atoms with E-state index in [1.165, 1.54) is 32.2 Å². The third-order valence-corrected chi connectivity index (χ3v) is 2.94. The highest BCUT2D eigenvalue weighted by Crippen LogP contribution is 2.25. The number of phenolic OH excluding ortho intramolecular Hbond substituents is 1. The quantitative estimate of drug-likeness (QED) is 0.913. The van der Waals surface area contributed by atoms with Gasteiger partial charge in [0.05, 0.1) is 18.4 Å². The first-order valence-corrected chi connectivity index (χ1v) is 6.06. The van der Waals surface area contributed by atoms with Crippen molar-refractivity contribution in [2.45, 2.75) is 6.92 Å². The molecule has 0 aliphatic rings. The van der Waals surface area contributed by atoms with Gasteiger partial charge in [0, 0.05) is 6.07 Å². The zero-order valence-electron chi connectivity index (χ0n) is 11.4. The molecule has 0 unspecified atom stereocenters. The van der Waals surface area contributed by atoms with Gasteiger partial charge in [-0.2, -0.15) is 0 Å². The summed E-state index contributed by atoms with van der Waals surface area (Å²) in [5.74, 6) is -2.10. The van der Waals surface area contributed by atoms with Crippen molar-refractivity contribution in [2.75, 3.05) is 12.4 Å². The minimum atomic E-state index is -0.770. The fraction of sp³-hybridized carbons (Fsp3) is 0.133. The van der Waals surface area contributed by atoms with E-state index in [1.54, 1.807) is 0 Å². The number of phenols is 1. The standard InChI is InChI=1S/C15H13F2NO3/c1-8-5-12(17)13(7-11(8)16)18-15(20)10-6-9(21-2)3-4-14(10)19/h3-7,19H,1-2H3,(H,18,20). The molecule has 6 heteroatoms. The molecule has 21 heavy (non-hydrogen) atoms.